The third kappa shape index (κ3) is 4.80. The molecule has 118 valence electrons. The van der Waals surface area contributed by atoms with Crippen molar-refractivity contribution in [3.63, 3.8) is 0 Å². The molecule has 0 atom stereocenters. The first-order chi connectivity index (χ1) is 10.6. The van der Waals surface area contributed by atoms with Gasteiger partial charge >= 0.3 is 0 Å². The maximum Gasteiger partial charge on any atom is 0.122 e. The molecule has 0 amide bonds. The zero-order valence-corrected chi connectivity index (χ0v) is 14.1. The molecule has 0 aliphatic heterocycles. The molecular formula is C20H26O2. The summed E-state index contributed by atoms with van der Waals surface area (Å²) >= 11 is 0. The van der Waals surface area contributed by atoms with E-state index in [1.165, 1.54) is 22.3 Å². The van der Waals surface area contributed by atoms with Gasteiger partial charge in [-0.05, 0) is 63.8 Å². The molecular weight excluding hydrogens is 272 g/mol. The van der Waals surface area contributed by atoms with E-state index < -0.39 is 0 Å². The summed E-state index contributed by atoms with van der Waals surface area (Å²) in [7, 11) is 0. The van der Waals surface area contributed by atoms with Crippen molar-refractivity contribution in [3.05, 3.63) is 58.7 Å². The topological polar surface area (TPSA) is 18.5 Å². The molecule has 0 spiro atoms. The average Bonchev–Trinajstić information content (AvgIpc) is 2.46. The lowest BCUT2D eigenvalue weighted by Gasteiger charge is -2.11. The van der Waals surface area contributed by atoms with E-state index in [1.54, 1.807) is 0 Å². The lowest BCUT2D eigenvalue weighted by Crippen LogP contribution is -2.04. The number of unbranched alkanes of at least 4 members (excludes halogenated alkanes) is 1. The van der Waals surface area contributed by atoms with Crippen LogP contribution in [0.4, 0.5) is 0 Å². The molecule has 2 heteroatoms. The van der Waals surface area contributed by atoms with Crippen molar-refractivity contribution in [1.29, 1.82) is 0 Å². The fourth-order valence-electron chi connectivity index (χ4n) is 2.49. The monoisotopic (exact) mass is 298 g/mol. The third-order valence-electron chi connectivity index (χ3n) is 3.71. The molecule has 2 nitrogen and oxygen atoms in total. The highest BCUT2D eigenvalue weighted by atomic mass is 16.5. The van der Waals surface area contributed by atoms with Crippen LogP contribution in [0.2, 0.25) is 0 Å². The number of rotatable bonds is 7. The van der Waals surface area contributed by atoms with Gasteiger partial charge in [-0.2, -0.15) is 0 Å². The molecule has 2 aromatic rings. The predicted octanol–water partition coefficient (Wildman–Crippen LogP) is 5.16. The largest absolute Gasteiger partial charge is 0.493 e. The van der Waals surface area contributed by atoms with Crippen molar-refractivity contribution >= 4 is 0 Å². The van der Waals surface area contributed by atoms with Crippen molar-refractivity contribution in [2.75, 3.05) is 13.2 Å². The number of hydrogen-bond donors (Lipinski definition) is 0. The molecule has 0 aliphatic carbocycles. The van der Waals surface area contributed by atoms with Crippen molar-refractivity contribution in [2.24, 2.45) is 0 Å². The van der Waals surface area contributed by atoms with E-state index in [-0.39, 0.29) is 0 Å². The smallest absolute Gasteiger partial charge is 0.122 e. The Hall–Kier alpha value is -1.96. The first kappa shape index (κ1) is 16.4. The number of hydrogen-bond acceptors (Lipinski definition) is 2. The molecule has 0 radical (unpaired) electrons. The second kappa shape index (κ2) is 7.88. The normalized spacial score (nSPS) is 10.5. The van der Waals surface area contributed by atoms with Crippen LogP contribution in [0.15, 0.2) is 36.4 Å². The van der Waals surface area contributed by atoms with Gasteiger partial charge in [0.05, 0.1) is 13.2 Å². The average molecular weight is 298 g/mol. The maximum absolute atomic E-state index is 5.83. The van der Waals surface area contributed by atoms with Gasteiger partial charge < -0.3 is 9.47 Å². The predicted molar refractivity (Wildman–Crippen MR) is 92.1 cm³/mol. The van der Waals surface area contributed by atoms with Crippen molar-refractivity contribution in [1.82, 2.24) is 0 Å². The molecule has 0 saturated carbocycles. The van der Waals surface area contributed by atoms with Crippen molar-refractivity contribution in [3.8, 4) is 11.5 Å². The van der Waals surface area contributed by atoms with Gasteiger partial charge in [-0.25, -0.2) is 0 Å². The molecule has 0 heterocycles. The van der Waals surface area contributed by atoms with E-state index in [4.69, 9.17) is 9.47 Å². The molecule has 2 aromatic carbocycles. The van der Waals surface area contributed by atoms with Crippen LogP contribution in [0.25, 0.3) is 0 Å². The van der Waals surface area contributed by atoms with Gasteiger partial charge in [0.1, 0.15) is 11.5 Å². The van der Waals surface area contributed by atoms with E-state index in [1.807, 2.05) is 0 Å². The highest BCUT2D eigenvalue weighted by Crippen LogP contribution is 2.20. The van der Waals surface area contributed by atoms with Gasteiger partial charge in [-0.15, -0.1) is 0 Å². The molecule has 0 fully saturated rings. The molecule has 0 unspecified atom stereocenters. The van der Waals surface area contributed by atoms with Crippen LogP contribution in [-0.2, 0) is 0 Å². The highest BCUT2D eigenvalue weighted by molar-refractivity contribution is 5.36. The summed E-state index contributed by atoms with van der Waals surface area (Å²) in [5.41, 5.74) is 4.94. The van der Waals surface area contributed by atoms with Crippen LogP contribution < -0.4 is 9.47 Å². The fraction of sp³-hybridized carbons (Fsp3) is 0.400. The minimum absolute atomic E-state index is 0.736. The zero-order valence-electron chi connectivity index (χ0n) is 14.1. The Labute approximate surface area is 134 Å². The lowest BCUT2D eigenvalue weighted by atomic mass is 10.1. The summed E-state index contributed by atoms with van der Waals surface area (Å²) < 4.78 is 11.7. The van der Waals surface area contributed by atoms with Gasteiger partial charge in [0.25, 0.3) is 0 Å². The summed E-state index contributed by atoms with van der Waals surface area (Å²) in [4.78, 5) is 0. The van der Waals surface area contributed by atoms with Crippen molar-refractivity contribution < 1.29 is 9.47 Å². The van der Waals surface area contributed by atoms with Gasteiger partial charge in [0.2, 0.25) is 0 Å². The molecule has 0 saturated heterocycles. The van der Waals surface area contributed by atoms with Crippen molar-refractivity contribution in [2.45, 2.75) is 40.5 Å². The summed E-state index contributed by atoms with van der Waals surface area (Å²) in [6.45, 7) is 9.85. The Balaban J connectivity index is 1.67. The van der Waals surface area contributed by atoms with Crippen LogP contribution in [0, 0.1) is 27.7 Å². The maximum atomic E-state index is 5.83. The van der Waals surface area contributed by atoms with Crippen LogP contribution in [0.5, 0.6) is 11.5 Å². The van der Waals surface area contributed by atoms with Crippen LogP contribution in [0.3, 0.4) is 0 Å². The first-order valence-corrected chi connectivity index (χ1v) is 7.96. The molecule has 0 aliphatic rings. The standard InChI is InChI=1S/C20H26O2/c1-15-7-9-19(17(3)13-15)21-11-5-6-12-22-20-10-8-16(2)14-18(20)4/h7-10,13-14H,5-6,11-12H2,1-4H3. The molecule has 2 rings (SSSR count). The molecule has 0 bridgehead atoms. The van der Waals surface area contributed by atoms with Gasteiger partial charge in [0, 0.05) is 0 Å². The fourth-order valence-corrected chi connectivity index (χ4v) is 2.49. The van der Waals surface area contributed by atoms with E-state index in [0.29, 0.717) is 0 Å². The van der Waals surface area contributed by atoms with E-state index in [0.717, 1.165) is 37.6 Å². The number of ether oxygens (including phenoxy) is 2. The Morgan fingerprint density at radius 2 is 1.05 bits per heavy atom. The van der Waals surface area contributed by atoms with E-state index in [9.17, 15) is 0 Å². The SMILES string of the molecule is Cc1ccc(OCCCCOc2ccc(C)cc2C)c(C)c1. The second-order valence-corrected chi connectivity index (χ2v) is 5.94. The number of aryl methyl sites for hydroxylation is 4. The van der Waals surface area contributed by atoms with Gasteiger partial charge in [-0.3, -0.25) is 0 Å². The van der Waals surface area contributed by atoms with Gasteiger partial charge in [0.15, 0.2) is 0 Å². The summed E-state index contributed by atoms with van der Waals surface area (Å²) in [5.74, 6) is 1.97. The minimum Gasteiger partial charge on any atom is -0.493 e. The Morgan fingerprint density at radius 3 is 1.41 bits per heavy atom. The third-order valence-corrected chi connectivity index (χ3v) is 3.71. The molecule has 22 heavy (non-hydrogen) atoms. The Kier molecular flexibility index (Phi) is 5.88. The zero-order chi connectivity index (χ0) is 15.9. The summed E-state index contributed by atoms with van der Waals surface area (Å²) in [6.07, 6.45) is 2.00. The second-order valence-electron chi connectivity index (χ2n) is 5.94. The summed E-state index contributed by atoms with van der Waals surface area (Å²) in [6, 6.07) is 12.6. The Bertz CT molecular complexity index is 562. The molecule has 0 aromatic heterocycles. The van der Waals surface area contributed by atoms with Crippen LogP contribution >= 0.6 is 0 Å². The van der Waals surface area contributed by atoms with Gasteiger partial charge in [-0.1, -0.05) is 35.4 Å². The van der Waals surface area contributed by atoms with E-state index in [2.05, 4.69) is 64.1 Å². The minimum atomic E-state index is 0.736. The quantitative estimate of drug-likeness (QED) is 0.657. The number of benzene rings is 2. The van der Waals surface area contributed by atoms with Crippen LogP contribution in [-0.4, -0.2) is 13.2 Å². The lowest BCUT2D eigenvalue weighted by molar-refractivity contribution is 0.265. The molecule has 0 N–H and O–H groups in total. The van der Waals surface area contributed by atoms with E-state index >= 15 is 0 Å². The van der Waals surface area contributed by atoms with Crippen LogP contribution in [0.1, 0.15) is 35.1 Å². The highest BCUT2D eigenvalue weighted by Gasteiger charge is 2.01. The Morgan fingerprint density at radius 1 is 0.636 bits per heavy atom. The first-order valence-electron chi connectivity index (χ1n) is 7.96. The summed E-state index contributed by atoms with van der Waals surface area (Å²) in [5, 5.41) is 0.